The van der Waals surface area contributed by atoms with E-state index in [9.17, 15) is 0 Å². The Morgan fingerprint density at radius 2 is 1.82 bits per heavy atom. The first kappa shape index (κ1) is 14.0. The van der Waals surface area contributed by atoms with Crippen LogP contribution in [0.3, 0.4) is 0 Å². The highest BCUT2D eigenvalue weighted by molar-refractivity contribution is 5.42. The van der Waals surface area contributed by atoms with Gasteiger partial charge in [0.05, 0.1) is 6.61 Å². The first-order chi connectivity index (χ1) is 7.89. The van der Waals surface area contributed by atoms with Gasteiger partial charge in [0, 0.05) is 5.54 Å². The number of nitrogens with one attached hydrogen (secondary N) is 1. The Bertz CT molecular complexity index is 383. The fourth-order valence-corrected chi connectivity index (χ4v) is 1.92. The average molecular weight is 235 g/mol. The average Bonchev–Trinajstić information content (AvgIpc) is 2.25. The van der Waals surface area contributed by atoms with E-state index in [0.29, 0.717) is 0 Å². The van der Waals surface area contributed by atoms with Gasteiger partial charge in [-0.3, -0.25) is 0 Å². The lowest BCUT2D eigenvalue weighted by molar-refractivity contribution is 0.337. The van der Waals surface area contributed by atoms with Crippen LogP contribution in [-0.2, 0) is 6.42 Å². The zero-order valence-corrected chi connectivity index (χ0v) is 12.0. The Labute approximate surface area is 105 Å². The molecule has 0 aliphatic carbocycles. The molecule has 0 spiro atoms. The van der Waals surface area contributed by atoms with E-state index < -0.39 is 0 Å². The Hall–Kier alpha value is -1.02. The number of ether oxygens (including phenoxy) is 1. The second-order valence-electron chi connectivity index (χ2n) is 5.29. The van der Waals surface area contributed by atoms with Gasteiger partial charge in [-0.05, 0) is 70.8 Å². The molecule has 2 nitrogen and oxygen atoms in total. The number of likely N-dealkylation sites (N-methyl/N-ethyl adjacent to an activating group) is 1. The fraction of sp³-hybridized carbons (Fsp3) is 0.600. The summed E-state index contributed by atoms with van der Waals surface area (Å²) < 4.78 is 5.61. The molecule has 0 aromatic heterocycles. The summed E-state index contributed by atoms with van der Waals surface area (Å²) in [5, 5.41) is 3.34. The number of benzene rings is 1. The fourth-order valence-electron chi connectivity index (χ4n) is 1.92. The van der Waals surface area contributed by atoms with E-state index in [1.165, 1.54) is 16.7 Å². The summed E-state index contributed by atoms with van der Waals surface area (Å²) in [6.45, 7) is 11.5. The molecule has 1 aromatic carbocycles. The Kier molecular flexibility index (Phi) is 4.58. The summed E-state index contributed by atoms with van der Waals surface area (Å²) >= 11 is 0. The molecule has 0 fully saturated rings. The van der Waals surface area contributed by atoms with Gasteiger partial charge in [0.1, 0.15) is 5.75 Å². The maximum absolute atomic E-state index is 5.61. The van der Waals surface area contributed by atoms with Gasteiger partial charge < -0.3 is 10.1 Å². The molecular formula is C15H25NO. The van der Waals surface area contributed by atoms with Gasteiger partial charge in [-0.2, -0.15) is 0 Å². The van der Waals surface area contributed by atoms with E-state index >= 15 is 0 Å². The van der Waals surface area contributed by atoms with Crippen molar-refractivity contribution < 1.29 is 4.74 Å². The van der Waals surface area contributed by atoms with E-state index in [1.807, 2.05) is 14.0 Å². The molecule has 0 unspecified atom stereocenters. The van der Waals surface area contributed by atoms with Crippen molar-refractivity contribution in [3.8, 4) is 5.75 Å². The SMILES string of the molecule is CCOc1cc(C)c(CC(C)(C)NC)cc1C. The van der Waals surface area contributed by atoms with Crippen LogP contribution in [0, 0.1) is 13.8 Å². The molecule has 96 valence electrons. The van der Waals surface area contributed by atoms with Crippen LogP contribution in [0.25, 0.3) is 0 Å². The lowest BCUT2D eigenvalue weighted by Gasteiger charge is -2.25. The Morgan fingerprint density at radius 1 is 1.18 bits per heavy atom. The summed E-state index contributed by atoms with van der Waals surface area (Å²) in [6.07, 6.45) is 1.03. The van der Waals surface area contributed by atoms with Crippen LogP contribution in [0.4, 0.5) is 0 Å². The molecule has 0 amide bonds. The molecular weight excluding hydrogens is 210 g/mol. The zero-order valence-electron chi connectivity index (χ0n) is 12.0. The van der Waals surface area contributed by atoms with Gasteiger partial charge >= 0.3 is 0 Å². The molecule has 1 rings (SSSR count). The maximum atomic E-state index is 5.61. The zero-order chi connectivity index (χ0) is 13.1. The van der Waals surface area contributed by atoms with E-state index in [4.69, 9.17) is 4.74 Å². The van der Waals surface area contributed by atoms with Crippen molar-refractivity contribution in [2.45, 2.75) is 46.6 Å². The van der Waals surface area contributed by atoms with Gasteiger partial charge in [0.2, 0.25) is 0 Å². The van der Waals surface area contributed by atoms with E-state index in [0.717, 1.165) is 18.8 Å². The van der Waals surface area contributed by atoms with Gasteiger partial charge in [-0.15, -0.1) is 0 Å². The molecule has 0 bridgehead atoms. The smallest absolute Gasteiger partial charge is 0.122 e. The summed E-state index contributed by atoms with van der Waals surface area (Å²) in [7, 11) is 2.01. The molecule has 0 radical (unpaired) electrons. The standard InChI is InChI=1S/C15H25NO/c1-7-17-14-9-11(2)13(8-12(14)3)10-15(4,5)16-6/h8-9,16H,7,10H2,1-6H3. The minimum Gasteiger partial charge on any atom is -0.494 e. The second-order valence-corrected chi connectivity index (χ2v) is 5.29. The van der Waals surface area contributed by atoms with Crippen molar-refractivity contribution in [3.05, 3.63) is 28.8 Å². The van der Waals surface area contributed by atoms with Crippen LogP contribution in [0.15, 0.2) is 12.1 Å². The summed E-state index contributed by atoms with van der Waals surface area (Å²) in [5.74, 6) is 1.01. The Morgan fingerprint density at radius 3 is 2.35 bits per heavy atom. The molecule has 0 heterocycles. The van der Waals surface area contributed by atoms with Gasteiger partial charge in [-0.25, -0.2) is 0 Å². The van der Waals surface area contributed by atoms with Gasteiger partial charge in [0.15, 0.2) is 0 Å². The lowest BCUT2D eigenvalue weighted by atomic mass is 9.91. The maximum Gasteiger partial charge on any atom is 0.122 e. The van der Waals surface area contributed by atoms with Crippen LogP contribution in [0.5, 0.6) is 5.75 Å². The molecule has 1 N–H and O–H groups in total. The minimum atomic E-state index is 0.129. The highest BCUT2D eigenvalue weighted by Gasteiger charge is 2.17. The lowest BCUT2D eigenvalue weighted by Crippen LogP contribution is -2.38. The van der Waals surface area contributed by atoms with E-state index in [-0.39, 0.29) is 5.54 Å². The molecule has 0 aliphatic heterocycles. The second kappa shape index (κ2) is 5.54. The molecule has 0 saturated heterocycles. The van der Waals surface area contributed by atoms with Crippen molar-refractivity contribution in [2.24, 2.45) is 0 Å². The monoisotopic (exact) mass is 235 g/mol. The number of rotatable bonds is 5. The normalized spacial score (nSPS) is 11.6. The first-order valence-electron chi connectivity index (χ1n) is 6.31. The predicted octanol–water partition coefficient (Wildman–Crippen LogP) is 3.24. The number of hydrogen-bond donors (Lipinski definition) is 1. The largest absolute Gasteiger partial charge is 0.494 e. The minimum absolute atomic E-state index is 0.129. The molecule has 0 saturated carbocycles. The topological polar surface area (TPSA) is 21.3 Å². The highest BCUT2D eigenvalue weighted by atomic mass is 16.5. The third kappa shape index (κ3) is 3.74. The molecule has 0 aliphatic rings. The first-order valence-corrected chi connectivity index (χ1v) is 6.31. The van der Waals surface area contributed by atoms with Crippen LogP contribution < -0.4 is 10.1 Å². The third-order valence-electron chi connectivity index (χ3n) is 3.24. The molecule has 1 aromatic rings. The Balaban J connectivity index is 2.99. The number of aryl methyl sites for hydroxylation is 2. The van der Waals surface area contributed by atoms with Crippen LogP contribution in [-0.4, -0.2) is 19.2 Å². The van der Waals surface area contributed by atoms with Crippen molar-refractivity contribution in [3.63, 3.8) is 0 Å². The summed E-state index contributed by atoms with van der Waals surface area (Å²) in [5.41, 5.74) is 4.05. The van der Waals surface area contributed by atoms with Crippen LogP contribution >= 0.6 is 0 Å². The molecule has 17 heavy (non-hydrogen) atoms. The van der Waals surface area contributed by atoms with Crippen LogP contribution in [0.2, 0.25) is 0 Å². The van der Waals surface area contributed by atoms with Gasteiger partial charge in [0.25, 0.3) is 0 Å². The summed E-state index contributed by atoms with van der Waals surface area (Å²) in [4.78, 5) is 0. The predicted molar refractivity (Wildman–Crippen MR) is 73.9 cm³/mol. The summed E-state index contributed by atoms with van der Waals surface area (Å²) in [6, 6.07) is 4.40. The third-order valence-corrected chi connectivity index (χ3v) is 3.24. The molecule has 0 atom stereocenters. The van der Waals surface area contributed by atoms with E-state index in [1.54, 1.807) is 0 Å². The van der Waals surface area contributed by atoms with E-state index in [2.05, 4.69) is 45.1 Å². The van der Waals surface area contributed by atoms with Gasteiger partial charge in [-0.1, -0.05) is 6.07 Å². The van der Waals surface area contributed by atoms with Crippen molar-refractivity contribution in [1.82, 2.24) is 5.32 Å². The van der Waals surface area contributed by atoms with Crippen molar-refractivity contribution >= 4 is 0 Å². The quantitative estimate of drug-likeness (QED) is 0.846. The molecule has 2 heteroatoms. The number of hydrogen-bond acceptors (Lipinski definition) is 2. The highest BCUT2D eigenvalue weighted by Crippen LogP contribution is 2.25. The van der Waals surface area contributed by atoms with Crippen molar-refractivity contribution in [2.75, 3.05) is 13.7 Å². The van der Waals surface area contributed by atoms with Crippen LogP contribution in [0.1, 0.15) is 37.5 Å². The van der Waals surface area contributed by atoms with Crippen molar-refractivity contribution in [1.29, 1.82) is 0 Å².